The molecule has 1 heterocycles. The van der Waals surface area contributed by atoms with Gasteiger partial charge in [-0.1, -0.05) is 18.7 Å². The second kappa shape index (κ2) is 2.47. The molecule has 54 valence electrons. The Morgan fingerprint density at radius 2 is 2.36 bits per heavy atom. The molecule has 0 unspecified atom stereocenters. The van der Waals surface area contributed by atoms with Gasteiger partial charge >= 0.3 is 0 Å². The Bertz CT molecular complexity index is 389. The molecule has 1 aromatic heterocycles. The lowest BCUT2D eigenvalue weighted by Gasteiger charge is -1.90. The molecule has 0 aliphatic heterocycles. The number of fused-ring (bicyclic) bond motifs is 1. The molecule has 0 fully saturated rings. The van der Waals surface area contributed by atoms with Gasteiger partial charge in [0.05, 0.1) is 15.7 Å². The fourth-order valence-electron chi connectivity index (χ4n) is 0.999. The second-order valence-electron chi connectivity index (χ2n) is 2.28. The van der Waals surface area contributed by atoms with Crippen molar-refractivity contribution in [3.05, 3.63) is 35.9 Å². The monoisotopic (exact) mass is 161 g/mol. The lowest BCUT2D eigenvalue weighted by atomic mass is 10.2. The van der Waals surface area contributed by atoms with Crippen molar-refractivity contribution in [3.8, 4) is 0 Å². The first-order valence-electron chi connectivity index (χ1n) is 3.36. The van der Waals surface area contributed by atoms with Gasteiger partial charge in [-0.05, 0) is 17.7 Å². The van der Waals surface area contributed by atoms with Crippen LogP contribution in [0.25, 0.3) is 16.3 Å². The Hall–Kier alpha value is -1.15. The number of benzene rings is 1. The van der Waals surface area contributed by atoms with Crippen LogP contribution in [0.1, 0.15) is 5.56 Å². The third-order valence-electron chi connectivity index (χ3n) is 1.59. The van der Waals surface area contributed by atoms with E-state index in [1.54, 1.807) is 11.3 Å². The Morgan fingerprint density at radius 3 is 3.18 bits per heavy atom. The molecule has 2 aromatic rings. The van der Waals surface area contributed by atoms with Crippen LogP contribution in [0.5, 0.6) is 0 Å². The summed E-state index contributed by atoms with van der Waals surface area (Å²) in [6.45, 7) is 3.71. The van der Waals surface area contributed by atoms with Gasteiger partial charge in [0.2, 0.25) is 0 Å². The van der Waals surface area contributed by atoms with Crippen molar-refractivity contribution in [1.29, 1.82) is 0 Å². The number of hydrogen-bond donors (Lipinski definition) is 0. The Kier molecular flexibility index (Phi) is 1.47. The molecule has 11 heavy (non-hydrogen) atoms. The molecule has 1 nitrogen and oxygen atoms in total. The summed E-state index contributed by atoms with van der Waals surface area (Å²) in [5, 5.41) is 0. The smallest absolute Gasteiger partial charge is 0.0812 e. The Morgan fingerprint density at radius 1 is 1.45 bits per heavy atom. The van der Waals surface area contributed by atoms with E-state index < -0.39 is 0 Å². The van der Waals surface area contributed by atoms with Gasteiger partial charge in [0.1, 0.15) is 0 Å². The van der Waals surface area contributed by atoms with E-state index in [0.717, 1.165) is 11.1 Å². The summed E-state index contributed by atoms with van der Waals surface area (Å²) >= 11 is 1.66. The molecule has 1 aromatic carbocycles. The summed E-state index contributed by atoms with van der Waals surface area (Å²) in [5.41, 5.74) is 4.08. The van der Waals surface area contributed by atoms with Gasteiger partial charge in [-0.15, -0.1) is 11.3 Å². The Labute approximate surface area is 69.0 Å². The number of thiazole rings is 1. The van der Waals surface area contributed by atoms with Crippen molar-refractivity contribution < 1.29 is 0 Å². The van der Waals surface area contributed by atoms with Crippen LogP contribution in [0.3, 0.4) is 0 Å². The van der Waals surface area contributed by atoms with Crippen LogP contribution in [0.15, 0.2) is 30.3 Å². The fraction of sp³-hybridized carbons (Fsp3) is 0. The van der Waals surface area contributed by atoms with Crippen LogP contribution in [0.2, 0.25) is 0 Å². The van der Waals surface area contributed by atoms with Crippen molar-refractivity contribution in [2.24, 2.45) is 0 Å². The van der Waals surface area contributed by atoms with Crippen LogP contribution in [-0.2, 0) is 0 Å². The van der Waals surface area contributed by atoms with Gasteiger partial charge in [-0.2, -0.15) is 0 Å². The van der Waals surface area contributed by atoms with Gasteiger partial charge in [-0.3, -0.25) is 0 Å². The van der Waals surface area contributed by atoms with E-state index in [2.05, 4.69) is 17.6 Å². The first-order chi connectivity index (χ1) is 5.40. The van der Waals surface area contributed by atoms with Crippen LogP contribution >= 0.6 is 11.3 Å². The van der Waals surface area contributed by atoms with Crippen molar-refractivity contribution in [2.45, 2.75) is 0 Å². The maximum Gasteiger partial charge on any atom is 0.0812 e. The summed E-state index contributed by atoms with van der Waals surface area (Å²) in [6.07, 6.45) is 1.85. The first-order valence-corrected chi connectivity index (χ1v) is 4.24. The third kappa shape index (κ3) is 1.05. The molecule has 0 saturated heterocycles. The number of nitrogens with zero attached hydrogens (tertiary/aromatic N) is 1. The van der Waals surface area contributed by atoms with Gasteiger partial charge in [-0.25, -0.2) is 4.98 Å². The van der Waals surface area contributed by atoms with Crippen molar-refractivity contribution >= 4 is 27.6 Å². The molecular formula is C9H7NS. The lowest BCUT2D eigenvalue weighted by molar-refractivity contribution is 1.50. The molecule has 0 bridgehead atoms. The van der Waals surface area contributed by atoms with E-state index in [4.69, 9.17) is 0 Å². The van der Waals surface area contributed by atoms with E-state index in [-0.39, 0.29) is 0 Å². The number of aromatic nitrogens is 1. The molecule has 0 aliphatic rings. The highest BCUT2D eigenvalue weighted by Gasteiger charge is 1.94. The molecule has 0 spiro atoms. The standard InChI is InChI=1S/C9H7NS/c1-2-7-3-4-8-9(5-7)11-6-10-8/h2-6H,1H2. The zero-order chi connectivity index (χ0) is 7.68. The largest absolute Gasteiger partial charge is 0.245 e. The molecule has 2 rings (SSSR count). The van der Waals surface area contributed by atoms with E-state index in [9.17, 15) is 0 Å². The average molecular weight is 161 g/mol. The third-order valence-corrected chi connectivity index (χ3v) is 2.38. The van der Waals surface area contributed by atoms with Crippen LogP contribution in [0.4, 0.5) is 0 Å². The minimum Gasteiger partial charge on any atom is -0.245 e. The van der Waals surface area contributed by atoms with Gasteiger partial charge in [0.15, 0.2) is 0 Å². The molecule has 0 amide bonds. The highest BCUT2D eigenvalue weighted by molar-refractivity contribution is 7.16. The van der Waals surface area contributed by atoms with Crippen LogP contribution < -0.4 is 0 Å². The summed E-state index contributed by atoms with van der Waals surface area (Å²) in [6, 6.07) is 6.14. The molecular weight excluding hydrogens is 154 g/mol. The quantitative estimate of drug-likeness (QED) is 0.626. The maximum atomic E-state index is 4.18. The molecule has 0 radical (unpaired) electrons. The SMILES string of the molecule is C=Cc1ccc2ncsc2c1. The zero-order valence-corrected chi connectivity index (χ0v) is 6.77. The molecule has 0 aliphatic carbocycles. The highest BCUT2D eigenvalue weighted by atomic mass is 32.1. The van der Waals surface area contributed by atoms with Crippen molar-refractivity contribution in [1.82, 2.24) is 4.98 Å². The second-order valence-corrected chi connectivity index (χ2v) is 3.17. The minimum atomic E-state index is 1.07. The average Bonchev–Trinajstić information content (AvgIpc) is 2.50. The number of hydrogen-bond acceptors (Lipinski definition) is 2. The molecule has 2 heteroatoms. The van der Waals surface area contributed by atoms with E-state index >= 15 is 0 Å². The van der Waals surface area contributed by atoms with Gasteiger partial charge in [0.25, 0.3) is 0 Å². The highest BCUT2D eigenvalue weighted by Crippen LogP contribution is 2.19. The van der Waals surface area contributed by atoms with Crippen LogP contribution in [0, 0.1) is 0 Å². The lowest BCUT2D eigenvalue weighted by Crippen LogP contribution is -1.69. The topological polar surface area (TPSA) is 12.9 Å². The number of rotatable bonds is 1. The van der Waals surface area contributed by atoms with E-state index in [1.807, 2.05) is 23.7 Å². The zero-order valence-electron chi connectivity index (χ0n) is 5.95. The fourth-order valence-corrected chi connectivity index (χ4v) is 1.72. The van der Waals surface area contributed by atoms with Crippen molar-refractivity contribution in [3.63, 3.8) is 0 Å². The molecule has 0 atom stereocenters. The van der Waals surface area contributed by atoms with E-state index in [0.29, 0.717) is 0 Å². The summed E-state index contributed by atoms with van der Waals surface area (Å²) in [5.74, 6) is 0. The summed E-state index contributed by atoms with van der Waals surface area (Å²) in [4.78, 5) is 4.18. The van der Waals surface area contributed by atoms with E-state index in [1.165, 1.54) is 4.70 Å². The van der Waals surface area contributed by atoms with Crippen molar-refractivity contribution in [2.75, 3.05) is 0 Å². The summed E-state index contributed by atoms with van der Waals surface area (Å²) < 4.78 is 1.22. The molecule has 0 saturated carbocycles. The van der Waals surface area contributed by atoms with Crippen LogP contribution in [-0.4, -0.2) is 4.98 Å². The predicted molar refractivity (Wildman–Crippen MR) is 49.7 cm³/mol. The normalized spacial score (nSPS) is 10.2. The molecule has 0 N–H and O–H groups in total. The predicted octanol–water partition coefficient (Wildman–Crippen LogP) is 2.94. The summed E-state index contributed by atoms with van der Waals surface area (Å²) in [7, 11) is 0. The Balaban J connectivity index is 2.76. The first kappa shape index (κ1) is 6.55. The minimum absolute atomic E-state index is 1.07. The maximum absolute atomic E-state index is 4.18. The van der Waals surface area contributed by atoms with Gasteiger partial charge in [0, 0.05) is 0 Å². The van der Waals surface area contributed by atoms with Gasteiger partial charge < -0.3 is 0 Å².